The summed E-state index contributed by atoms with van der Waals surface area (Å²) in [7, 11) is 3.11. The Morgan fingerprint density at radius 2 is 2.05 bits per heavy atom. The normalized spacial score (nSPS) is 16.0. The number of methoxy groups -OCH3 is 2. The van der Waals surface area contributed by atoms with E-state index in [2.05, 4.69) is 0 Å². The second-order valence-corrected chi connectivity index (χ2v) is 5.35. The maximum absolute atomic E-state index is 11.1. The van der Waals surface area contributed by atoms with Gasteiger partial charge in [0, 0.05) is 11.0 Å². The Hall–Kier alpha value is -1.42. The molecule has 1 aliphatic carbocycles. The lowest BCUT2D eigenvalue weighted by atomic mass is 9.89. The van der Waals surface area contributed by atoms with Crippen molar-refractivity contribution in [2.75, 3.05) is 14.2 Å². The van der Waals surface area contributed by atoms with Gasteiger partial charge < -0.3 is 14.6 Å². The summed E-state index contributed by atoms with van der Waals surface area (Å²) >= 11 is 6.39. The lowest BCUT2D eigenvalue weighted by molar-refractivity contribution is -0.137. The van der Waals surface area contributed by atoms with Crippen LogP contribution in [0.2, 0.25) is 5.02 Å². The fraction of sp³-hybridized carbons (Fsp3) is 0.500. The molecule has 1 N–H and O–H groups in total. The molecule has 0 spiro atoms. The molecule has 1 aliphatic rings. The van der Waals surface area contributed by atoms with Crippen LogP contribution in [-0.2, 0) is 10.2 Å². The molecule has 0 radical (unpaired) electrons. The molecule has 104 valence electrons. The number of carbonyl (C=O) groups is 1. The van der Waals surface area contributed by atoms with Crippen LogP contribution in [0, 0.1) is 6.92 Å². The van der Waals surface area contributed by atoms with E-state index in [-0.39, 0.29) is 6.42 Å². The standard InChI is InChI=1S/C14H17ClO4/c1-8-6-9(18-2)13(19-3)11(12(8)15)14(4-5-14)7-10(16)17/h6H,4-5,7H2,1-3H3,(H,16,17). The van der Waals surface area contributed by atoms with E-state index in [0.717, 1.165) is 24.0 Å². The van der Waals surface area contributed by atoms with Crippen LogP contribution in [0.15, 0.2) is 6.07 Å². The van der Waals surface area contributed by atoms with E-state index in [0.29, 0.717) is 16.5 Å². The van der Waals surface area contributed by atoms with E-state index < -0.39 is 11.4 Å². The Morgan fingerprint density at radius 1 is 1.42 bits per heavy atom. The zero-order chi connectivity index (χ0) is 14.2. The first-order valence-corrected chi connectivity index (χ1v) is 6.46. The third kappa shape index (κ3) is 2.37. The first-order valence-electron chi connectivity index (χ1n) is 6.08. The third-order valence-corrected chi connectivity index (χ3v) is 4.15. The van der Waals surface area contributed by atoms with Gasteiger partial charge in [-0.15, -0.1) is 0 Å². The van der Waals surface area contributed by atoms with E-state index in [9.17, 15) is 4.79 Å². The molecule has 0 bridgehead atoms. The minimum Gasteiger partial charge on any atom is -0.493 e. The topological polar surface area (TPSA) is 55.8 Å². The number of aryl methyl sites for hydroxylation is 1. The zero-order valence-corrected chi connectivity index (χ0v) is 12.0. The second-order valence-electron chi connectivity index (χ2n) is 4.97. The Balaban J connectivity index is 2.61. The molecule has 4 nitrogen and oxygen atoms in total. The lowest BCUT2D eigenvalue weighted by Crippen LogP contribution is -2.15. The molecular weight excluding hydrogens is 268 g/mol. The Morgan fingerprint density at radius 3 is 2.47 bits per heavy atom. The molecule has 2 rings (SSSR count). The van der Waals surface area contributed by atoms with Crippen molar-refractivity contribution in [2.45, 2.75) is 31.6 Å². The predicted octanol–water partition coefficient (Wildman–Crippen LogP) is 3.17. The van der Waals surface area contributed by atoms with Crippen LogP contribution in [0.5, 0.6) is 11.5 Å². The number of hydrogen-bond acceptors (Lipinski definition) is 3. The van der Waals surface area contributed by atoms with Crippen LogP contribution in [0.4, 0.5) is 0 Å². The summed E-state index contributed by atoms with van der Waals surface area (Å²) in [5.74, 6) is 0.323. The van der Waals surface area contributed by atoms with Gasteiger partial charge in [0.2, 0.25) is 0 Å². The maximum Gasteiger partial charge on any atom is 0.304 e. The Bertz CT molecular complexity index is 521. The second kappa shape index (κ2) is 4.93. The molecule has 0 atom stereocenters. The van der Waals surface area contributed by atoms with Gasteiger partial charge in [-0.3, -0.25) is 4.79 Å². The summed E-state index contributed by atoms with van der Waals surface area (Å²) in [4.78, 5) is 11.1. The SMILES string of the molecule is COc1cc(C)c(Cl)c(C2(CC(=O)O)CC2)c1OC. The number of carboxylic acids is 1. The van der Waals surface area contributed by atoms with Gasteiger partial charge in [-0.1, -0.05) is 11.6 Å². The summed E-state index contributed by atoms with van der Waals surface area (Å²) in [5, 5.41) is 9.67. The molecule has 1 aromatic carbocycles. The maximum atomic E-state index is 11.1. The molecule has 0 amide bonds. The van der Waals surface area contributed by atoms with Crippen molar-refractivity contribution in [3.8, 4) is 11.5 Å². The highest BCUT2D eigenvalue weighted by Gasteiger charge is 2.50. The Labute approximate surface area is 117 Å². The molecule has 5 heteroatoms. The molecule has 0 aromatic heterocycles. The van der Waals surface area contributed by atoms with Gasteiger partial charge in [0.1, 0.15) is 0 Å². The predicted molar refractivity (Wildman–Crippen MR) is 72.5 cm³/mol. The molecule has 0 heterocycles. The van der Waals surface area contributed by atoms with Crippen LogP contribution in [-0.4, -0.2) is 25.3 Å². The number of aliphatic carboxylic acids is 1. The number of benzene rings is 1. The molecular formula is C14H17ClO4. The van der Waals surface area contributed by atoms with Crippen LogP contribution in [0.25, 0.3) is 0 Å². The van der Waals surface area contributed by atoms with Gasteiger partial charge in [0.15, 0.2) is 11.5 Å². The minimum atomic E-state index is -0.823. The van der Waals surface area contributed by atoms with E-state index >= 15 is 0 Å². The van der Waals surface area contributed by atoms with Crippen molar-refractivity contribution >= 4 is 17.6 Å². The molecule has 1 fully saturated rings. The highest BCUT2D eigenvalue weighted by atomic mass is 35.5. The van der Waals surface area contributed by atoms with Crippen LogP contribution in [0.1, 0.15) is 30.4 Å². The zero-order valence-electron chi connectivity index (χ0n) is 11.2. The van der Waals surface area contributed by atoms with Crippen molar-refractivity contribution in [3.63, 3.8) is 0 Å². The van der Waals surface area contributed by atoms with Gasteiger partial charge in [0.05, 0.1) is 25.7 Å². The monoisotopic (exact) mass is 284 g/mol. The number of halogens is 1. The fourth-order valence-electron chi connectivity index (χ4n) is 2.53. The largest absolute Gasteiger partial charge is 0.493 e. The average Bonchev–Trinajstić information content (AvgIpc) is 3.11. The average molecular weight is 285 g/mol. The molecule has 0 saturated heterocycles. The van der Waals surface area contributed by atoms with Crippen LogP contribution < -0.4 is 9.47 Å². The summed E-state index contributed by atoms with van der Waals surface area (Å²) in [6.45, 7) is 1.88. The van der Waals surface area contributed by atoms with E-state index in [1.807, 2.05) is 13.0 Å². The summed E-state index contributed by atoms with van der Waals surface area (Å²) in [5.41, 5.74) is 1.23. The third-order valence-electron chi connectivity index (χ3n) is 3.66. The van der Waals surface area contributed by atoms with Gasteiger partial charge in [-0.25, -0.2) is 0 Å². The molecule has 0 unspecified atom stereocenters. The highest BCUT2D eigenvalue weighted by molar-refractivity contribution is 6.32. The highest BCUT2D eigenvalue weighted by Crippen LogP contribution is 2.58. The Kier molecular flexibility index (Phi) is 3.63. The number of hydrogen-bond donors (Lipinski definition) is 1. The number of rotatable bonds is 5. The van der Waals surface area contributed by atoms with Gasteiger partial charge >= 0.3 is 5.97 Å². The smallest absolute Gasteiger partial charge is 0.304 e. The van der Waals surface area contributed by atoms with Crippen molar-refractivity contribution in [3.05, 3.63) is 22.2 Å². The van der Waals surface area contributed by atoms with E-state index in [4.69, 9.17) is 26.2 Å². The first-order chi connectivity index (χ1) is 8.95. The van der Waals surface area contributed by atoms with Crippen LogP contribution >= 0.6 is 11.6 Å². The van der Waals surface area contributed by atoms with Gasteiger partial charge in [0.25, 0.3) is 0 Å². The van der Waals surface area contributed by atoms with Gasteiger partial charge in [-0.05, 0) is 31.4 Å². The van der Waals surface area contributed by atoms with Crippen molar-refractivity contribution in [1.29, 1.82) is 0 Å². The molecule has 1 saturated carbocycles. The summed E-state index contributed by atoms with van der Waals surface area (Å²) in [6.07, 6.45) is 1.68. The van der Waals surface area contributed by atoms with Crippen molar-refractivity contribution < 1.29 is 19.4 Å². The van der Waals surface area contributed by atoms with Crippen LogP contribution in [0.3, 0.4) is 0 Å². The molecule has 1 aromatic rings. The van der Waals surface area contributed by atoms with Crippen molar-refractivity contribution in [2.24, 2.45) is 0 Å². The summed E-state index contributed by atoms with van der Waals surface area (Å²) in [6, 6.07) is 1.81. The molecule has 19 heavy (non-hydrogen) atoms. The van der Waals surface area contributed by atoms with E-state index in [1.165, 1.54) is 0 Å². The number of ether oxygens (including phenoxy) is 2. The summed E-state index contributed by atoms with van der Waals surface area (Å²) < 4.78 is 10.7. The lowest BCUT2D eigenvalue weighted by Gasteiger charge is -2.22. The fourth-order valence-corrected chi connectivity index (χ4v) is 2.87. The van der Waals surface area contributed by atoms with Gasteiger partial charge in [-0.2, -0.15) is 0 Å². The van der Waals surface area contributed by atoms with Crippen molar-refractivity contribution in [1.82, 2.24) is 0 Å². The molecule has 0 aliphatic heterocycles. The number of carboxylic acid groups (broad SMARTS) is 1. The first kappa shape index (κ1) is 14.0. The quantitative estimate of drug-likeness (QED) is 0.902. The van der Waals surface area contributed by atoms with E-state index in [1.54, 1.807) is 14.2 Å². The minimum absolute atomic E-state index is 0.0652.